The van der Waals surface area contributed by atoms with Gasteiger partial charge in [0.1, 0.15) is 0 Å². The molecule has 206 valence electrons. The summed E-state index contributed by atoms with van der Waals surface area (Å²) < 4.78 is 0. The van der Waals surface area contributed by atoms with Crippen LogP contribution in [0.5, 0.6) is 0 Å². The number of pyridine rings is 2. The predicted molar refractivity (Wildman–Crippen MR) is 187 cm³/mol. The van der Waals surface area contributed by atoms with E-state index in [1.165, 1.54) is 66.1 Å². The van der Waals surface area contributed by atoms with E-state index in [0.717, 1.165) is 0 Å². The van der Waals surface area contributed by atoms with Gasteiger partial charge in [-0.15, -0.1) is 0 Å². The second kappa shape index (κ2) is 15.8. The van der Waals surface area contributed by atoms with Crippen molar-refractivity contribution in [3.8, 4) is 22.3 Å². The van der Waals surface area contributed by atoms with Crippen molar-refractivity contribution in [3.63, 3.8) is 0 Å². The van der Waals surface area contributed by atoms with Crippen LogP contribution in [0.3, 0.4) is 0 Å². The zero-order valence-electron chi connectivity index (χ0n) is 22.5. The third-order valence-electron chi connectivity index (χ3n) is 6.93. The molecule has 6 rings (SSSR count). The molecule has 0 atom stereocenters. The Kier molecular flexibility index (Phi) is 12.8. The SMILES string of the molecule is C.Cc1cc[nH+]cc1-c1c(C)ccc2ccccc12.Cc1ccncc1-c1c(C)ccc2ccccc12.I[I-]I. The Balaban J connectivity index is 0.000000197. The number of aromatic nitrogens is 2. The first-order chi connectivity index (χ1) is 19.0. The Morgan fingerprint density at radius 2 is 1.10 bits per heavy atom. The maximum atomic E-state index is 4.27. The molecule has 0 bridgehead atoms. The molecular weight excluding hydrogens is 829 g/mol. The van der Waals surface area contributed by atoms with Crippen LogP contribution in [-0.4, -0.2) is 4.98 Å². The van der Waals surface area contributed by atoms with Gasteiger partial charge < -0.3 is 0 Å². The number of nitrogens with zero attached hydrogens (tertiary/aromatic N) is 1. The predicted octanol–water partition coefficient (Wildman–Crippen LogP) is 7.87. The minimum absolute atomic E-state index is 0. The molecule has 0 aliphatic carbocycles. The van der Waals surface area contributed by atoms with Crippen molar-refractivity contribution in [1.29, 1.82) is 0 Å². The van der Waals surface area contributed by atoms with E-state index in [2.05, 4.69) is 166 Å². The second-order valence-corrected chi connectivity index (χ2v) is 25.7. The molecule has 0 unspecified atom stereocenters. The molecule has 2 aromatic heterocycles. The van der Waals surface area contributed by atoms with Gasteiger partial charge in [-0.25, -0.2) is 4.98 Å². The fourth-order valence-electron chi connectivity index (χ4n) is 4.98. The van der Waals surface area contributed by atoms with Gasteiger partial charge in [0.15, 0.2) is 12.4 Å². The van der Waals surface area contributed by atoms with Crippen LogP contribution in [0.25, 0.3) is 43.8 Å². The van der Waals surface area contributed by atoms with Gasteiger partial charge in [0.25, 0.3) is 0 Å². The van der Waals surface area contributed by atoms with Gasteiger partial charge in [0.05, 0.1) is 0 Å². The van der Waals surface area contributed by atoms with E-state index in [1.807, 2.05) is 18.6 Å². The fraction of sp³-hybridized carbons (Fsp3) is 0.143. The average molecular weight is 864 g/mol. The molecule has 4 aromatic carbocycles. The molecule has 2 nitrogen and oxygen atoms in total. The summed E-state index contributed by atoms with van der Waals surface area (Å²) in [4.78, 5) is 7.46. The summed E-state index contributed by atoms with van der Waals surface area (Å²) in [5.41, 5.74) is 10.3. The summed E-state index contributed by atoms with van der Waals surface area (Å²) >= 11 is 5.30. The zero-order chi connectivity index (χ0) is 27.8. The number of fused-ring (bicyclic) bond motifs is 2. The Morgan fingerprint density at radius 1 is 0.600 bits per heavy atom. The number of H-pyrrole nitrogens is 1. The van der Waals surface area contributed by atoms with Gasteiger partial charge >= 0.3 is 50.5 Å². The molecule has 0 saturated heterocycles. The van der Waals surface area contributed by atoms with Gasteiger partial charge in [-0.1, -0.05) is 80.2 Å². The minimum atomic E-state index is 0. The molecule has 5 heteroatoms. The molecule has 6 aromatic rings. The number of hydrogen-bond donors (Lipinski definition) is 0. The standard InChI is InChI=1S/2C17H15N.CH4.I3/c2*1-12-9-10-18-11-16(12)17-13(2)7-8-14-5-3-4-6-15(14)17;;1-3-2/h2*3-11H,1-2H3;1H4;/q;;;-1/p+1. The number of aromatic amines is 1. The first-order valence-electron chi connectivity index (χ1n) is 12.7. The quantitative estimate of drug-likeness (QED) is 0.163. The number of benzene rings is 4. The van der Waals surface area contributed by atoms with Crippen LogP contribution < -0.4 is 18.2 Å². The molecular formula is C35H35I3N2. The van der Waals surface area contributed by atoms with E-state index in [9.17, 15) is 0 Å². The summed E-state index contributed by atoms with van der Waals surface area (Å²) in [6.45, 7) is 8.63. The molecule has 2 heterocycles. The van der Waals surface area contributed by atoms with E-state index < -0.39 is 0 Å². The molecule has 0 aliphatic heterocycles. The van der Waals surface area contributed by atoms with Gasteiger partial charge in [-0.3, -0.25) is 4.98 Å². The number of rotatable bonds is 2. The normalized spacial score (nSPS) is 10.2. The van der Waals surface area contributed by atoms with Gasteiger partial charge in [0, 0.05) is 29.6 Å². The Bertz CT molecular complexity index is 1590. The van der Waals surface area contributed by atoms with Crippen LogP contribution in [0.1, 0.15) is 29.7 Å². The van der Waals surface area contributed by atoms with Gasteiger partial charge in [0.2, 0.25) is 0 Å². The summed E-state index contributed by atoms with van der Waals surface area (Å²) in [5, 5.41) is 5.19. The van der Waals surface area contributed by atoms with Crippen molar-refractivity contribution >= 4 is 58.8 Å². The molecule has 0 radical (unpaired) electrons. The zero-order valence-corrected chi connectivity index (χ0v) is 28.9. The van der Waals surface area contributed by atoms with Crippen LogP contribution in [-0.2, 0) is 0 Å². The monoisotopic (exact) mass is 864 g/mol. The average Bonchev–Trinajstić information content (AvgIpc) is 2.95. The topological polar surface area (TPSA) is 27.0 Å². The van der Waals surface area contributed by atoms with Crippen molar-refractivity contribution in [2.45, 2.75) is 35.1 Å². The number of halogens is 3. The molecule has 0 aliphatic rings. The first kappa shape index (κ1) is 32.4. The van der Waals surface area contributed by atoms with E-state index >= 15 is 0 Å². The van der Waals surface area contributed by atoms with Crippen molar-refractivity contribution in [1.82, 2.24) is 4.98 Å². The number of aryl methyl sites for hydroxylation is 4. The second-order valence-electron chi connectivity index (χ2n) is 9.44. The van der Waals surface area contributed by atoms with E-state index in [1.54, 1.807) is 0 Å². The fourth-order valence-corrected chi connectivity index (χ4v) is 4.98. The molecule has 40 heavy (non-hydrogen) atoms. The summed E-state index contributed by atoms with van der Waals surface area (Å²) in [6.07, 6.45) is 7.87. The van der Waals surface area contributed by atoms with Crippen molar-refractivity contribution in [2.24, 2.45) is 0 Å². The van der Waals surface area contributed by atoms with Gasteiger partial charge in [-0.05, 0) is 88.7 Å². The van der Waals surface area contributed by atoms with Crippen LogP contribution in [0.2, 0.25) is 0 Å². The number of nitrogens with one attached hydrogen (secondary N) is 1. The first-order valence-corrected chi connectivity index (χ1v) is 25.2. The number of hydrogen-bond acceptors (Lipinski definition) is 1. The van der Waals surface area contributed by atoms with Gasteiger partial charge in [-0.2, -0.15) is 0 Å². The van der Waals surface area contributed by atoms with Crippen LogP contribution in [0.4, 0.5) is 0 Å². The van der Waals surface area contributed by atoms with Crippen LogP contribution in [0.15, 0.2) is 110 Å². The van der Waals surface area contributed by atoms with E-state index in [0.29, 0.717) is 13.3 Å². The Labute approximate surface area is 268 Å². The maximum absolute atomic E-state index is 4.27. The third-order valence-corrected chi connectivity index (χ3v) is 6.93. The molecule has 0 fully saturated rings. The molecule has 0 saturated carbocycles. The van der Waals surface area contributed by atoms with E-state index in [-0.39, 0.29) is 7.43 Å². The molecule has 0 amide bonds. The molecule has 0 spiro atoms. The van der Waals surface area contributed by atoms with Crippen molar-refractivity contribution in [2.75, 3.05) is 0 Å². The Morgan fingerprint density at radius 3 is 1.62 bits per heavy atom. The summed E-state index contributed by atoms with van der Waals surface area (Å²) in [6, 6.07) is 30.0. The summed E-state index contributed by atoms with van der Waals surface area (Å²) in [5.74, 6) is 0. The van der Waals surface area contributed by atoms with Crippen LogP contribution in [0, 0.1) is 27.7 Å². The van der Waals surface area contributed by atoms with E-state index in [4.69, 9.17) is 0 Å². The molecule has 1 N–H and O–H groups in total. The summed E-state index contributed by atoms with van der Waals surface area (Å²) in [7, 11) is 0. The third kappa shape index (κ3) is 7.59. The van der Waals surface area contributed by atoms with Crippen molar-refractivity contribution in [3.05, 3.63) is 132 Å². The van der Waals surface area contributed by atoms with Crippen molar-refractivity contribution < 1.29 is 18.2 Å². The van der Waals surface area contributed by atoms with Crippen LogP contribution >= 0.6 is 37.2 Å². The Hall–Kier alpha value is -2.11.